The van der Waals surface area contributed by atoms with E-state index in [-0.39, 0.29) is 11.3 Å². The number of benzene rings is 1. The third-order valence-corrected chi connectivity index (χ3v) is 2.90. The molecule has 0 aliphatic rings. The Hall–Kier alpha value is -2.00. The van der Waals surface area contributed by atoms with Crippen LogP contribution in [-0.2, 0) is 6.54 Å². The summed E-state index contributed by atoms with van der Waals surface area (Å²) in [6, 6.07) is 4.16. The van der Waals surface area contributed by atoms with E-state index in [0.29, 0.717) is 6.54 Å². The number of nitrogens with one attached hydrogen (secondary N) is 1. The van der Waals surface area contributed by atoms with Crippen LogP contribution < -0.4 is 5.32 Å². The minimum Gasteiger partial charge on any atom is -0.376 e. The van der Waals surface area contributed by atoms with Gasteiger partial charge in [0.05, 0.1) is 17.8 Å². The maximum absolute atomic E-state index is 13.5. The molecule has 2 rings (SSSR count). The van der Waals surface area contributed by atoms with E-state index in [0.717, 1.165) is 5.01 Å². The zero-order valence-electron chi connectivity index (χ0n) is 8.58. The van der Waals surface area contributed by atoms with Crippen molar-refractivity contribution in [3.63, 3.8) is 0 Å². The van der Waals surface area contributed by atoms with Gasteiger partial charge in [-0.25, -0.2) is 13.8 Å². The molecule has 0 bridgehead atoms. The average Bonchev–Trinajstić information content (AvgIpc) is 2.84. The zero-order valence-corrected chi connectivity index (χ0v) is 9.39. The van der Waals surface area contributed by atoms with Gasteiger partial charge in [-0.2, -0.15) is 5.26 Å². The summed E-state index contributed by atoms with van der Waals surface area (Å²) in [6.07, 6.45) is 1.64. The van der Waals surface area contributed by atoms with Gasteiger partial charge < -0.3 is 5.32 Å². The van der Waals surface area contributed by atoms with Crippen LogP contribution in [0.4, 0.5) is 14.5 Å². The minimum atomic E-state index is -1.13. The molecule has 0 saturated heterocycles. The van der Waals surface area contributed by atoms with Gasteiger partial charge in [0.15, 0.2) is 11.6 Å². The summed E-state index contributed by atoms with van der Waals surface area (Å²) in [4.78, 5) is 4.00. The first-order valence-electron chi connectivity index (χ1n) is 4.72. The number of anilines is 1. The van der Waals surface area contributed by atoms with Crippen LogP contribution in [0.2, 0.25) is 0 Å². The van der Waals surface area contributed by atoms with Gasteiger partial charge in [-0.05, 0) is 12.1 Å². The van der Waals surface area contributed by atoms with Crippen molar-refractivity contribution in [3.05, 3.63) is 45.9 Å². The lowest BCUT2D eigenvalue weighted by Crippen LogP contribution is -2.03. The third kappa shape index (κ3) is 2.40. The van der Waals surface area contributed by atoms with Gasteiger partial charge in [-0.15, -0.1) is 11.3 Å². The smallest absolute Gasteiger partial charge is 0.183 e. The average molecular weight is 251 g/mol. The molecule has 0 spiro atoms. The van der Waals surface area contributed by atoms with E-state index in [1.165, 1.54) is 23.5 Å². The summed E-state index contributed by atoms with van der Waals surface area (Å²) < 4.78 is 26.7. The van der Waals surface area contributed by atoms with Crippen molar-refractivity contribution in [2.24, 2.45) is 0 Å². The molecule has 0 amide bonds. The maximum atomic E-state index is 13.5. The summed E-state index contributed by atoms with van der Waals surface area (Å²) in [6.45, 7) is 0.319. The largest absolute Gasteiger partial charge is 0.376 e. The molecule has 0 fully saturated rings. The number of hydrogen-bond acceptors (Lipinski definition) is 4. The Morgan fingerprint density at radius 3 is 2.82 bits per heavy atom. The minimum absolute atomic E-state index is 0.0247. The Bertz CT molecular complexity index is 561. The van der Waals surface area contributed by atoms with Crippen molar-refractivity contribution >= 4 is 17.0 Å². The monoisotopic (exact) mass is 251 g/mol. The molecule has 17 heavy (non-hydrogen) atoms. The van der Waals surface area contributed by atoms with Crippen LogP contribution in [0.5, 0.6) is 0 Å². The third-order valence-electron chi connectivity index (χ3n) is 2.12. The lowest BCUT2D eigenvalue weighted by molar-refractivity contribution is 0.508. The zero-order chi connectivity index (χ0) is 12.3. The molecule has 1 aromatic heterocycles. The Labute approximate surface area is 100 Å². The van der Waals surface area contributed by atoms with Crippen LogP contribution >= 0.6 is 11.3 Å². The Morgan fingerprint density at radius 2 is 2.18 bits per heavy atom. The maximum Gasteiger partial charge on any atom is 0.183 e. The first kappa shape index (κ1) is 11.5. The molecule has 1 aromatic carbocycles. The Kier molecular flexibility index (Phi) is 3.30. The van der Waals surface area contributed by atoms with Gasteiger partial charge in [0.25, 0.3) is 0 Å². The highest BCUT2D eigenvalue weighted by Crippen LogP contribution is 2.21. The van der Waals surface area contributed by atoms with Gasteiger partial charge in [0.1, 0.15) is 11.1 Å². The number of hydrogen-bond donors (Lipinski definition) is 1. The first-order chi connectivity index (χ1) is 8.22. The number of nitrogens with zero attached hydrogens (tertiary/aromatic N) is 2. The van der Waals surface area contributed by atoms with Crippen LogP contribution in [0, 0.1) is 23.0 Å². The predicted molar refractivity (Wildman–Crippen MR) is 60.5 cm³/mol. The van der Waals surface area contributed by atoms with E-state index in [9.17, 15) is 8.78 Å². The van der Waals surface area contributed by atoms with Gasteiger partial charge in [0.2, 0.25) is 0 Å². The summed E-state index contributed by atoms with van der Waals surface area (Å²) >= 11 is 1.42. The lowest BCUT2D eigenvalue weighted by Gasteiger charge is -2.06. The van der Waals surface area contributed by atoms with Crippen molar-refractivity contribution in [2.45, 2.75) is 6.54 Å². The molecule has 0 unspecified atom stereocenters. The summed E-state index contributed by atoms with van der Waals surface area (Å²) in [5, 5.41) is 13.8. The van der Waals surface area contributed by atoms with E-state index in [1.807, 2.05) is 0 Å². The molecular formula is C11H7F2N3S. The number of halogens is 2. The number of thiazole rings is 1. The van der Waals surface area contributed by atoms with Crippen molar-refractivity contribution in [3.8, 4) is 6.07 Å². The van der Waals surface area contributed by atoms with Crippen molar-refractivity contribution in [1.82, 2.24) is 4.98 Å². The van der Waals surface area contributed by atoms with Gasteiger partial charge in [-0.3, -0.25) is 0 Å². The molecule has 1 N–H and O–H groups in total. The molecule has 86 valence electrons. The summed E-state index contributed by atoms with van der Waals surface area (Å²) in [5.41, 5.74) is -0.279. The fraction of sp³-hybridized carbons (Fsp3) is 0.0909. The second-order valence-electron chi connectivity index (χ2n) is 3.18. The fourth-order valence-corrected chi connectivity index (χ4v) is 1.84. The molecule has 1 heterocycles. The highest BCUT2D eigenvalue weighted by Gasteiger charge is 2.12. The number of rotatable bonds is 3. The van der Waals surface area contributed by atoms with Crippen LogP contribution in [0.15, 0.2) is 23.7 Å². The van der Waals surface area contributed by atoms with E-state index in [1.54, 1.807) is 17.6 Å². The SMILES string of the molecule is N#Cc1ccc(NCc2nccs2)c(F)c1F. The van der Waals surface area contributed by atoms with Crippen LogP contribution in [-0.4, -0.2) is 4.98 Å². The highest BCUT2D eigenvalue weighted by molar-refractivity contribution is 7.09. The van der Waals surface area contributed by atoms with Gasteiger partial charge in [0, 0.05) is 11.6 Å². The second-order valence-corrected chi connectivity index (χ2v) is 4.16. The lowest BCUT2D eigenvalue weighted by atomic mass is 10.2. The summed E-state index contributed by atoms with van der Waals surface area (Å²) in [7, 11) is 0. The number of nitriles is 1. The molecular weight excluding hydrogens is 244 g/mol. The molecule has 0 aliphatic heterocycles. The van der Waals surface area contributed by atoms with Crippen LogP contribution in [0.3, 0.4) is 0 Å². The number of aromatic nitrogens is 1. The molecule has 2 aromatic rings. The van der Waals surface area contributed by atoms with E-state index in [2.05, 4.69) is 10.3 Å². The van der Waals surface area contributed by atoms with Crippen molar-refractivity contribution in [2.75, 3.05) is 5.32 Å². The van der Waals surface area contributed by atoms with Gasteiger partial charge >= 0.3 is 0 Å². The topological polar surface area (TPSA) is 48.7 Å². The molecule has 3 nitrogen and oxygen atoms in total. The predicted octanol–water partition coefficient (Wildman–Crippen LogP) is 2.91. The molecule has 0 saturated carbocycles. The Morgan fingerprint density at radius 1 is 1.35 bits per heavy atom. The highest BCUT2D eigenvalue weighted by atomic mass is 32.1. The van der Waals surface area contributed by atoms with Crippen molar-refractivity contribution in [1.29, 1.82) is 5.26 Å². The fourth-order valence-electron chi connectivity index (χ4n) is 1.28. The molecule has 0 atom stereocenters. The summed E-state index contributed by atoms with van der Waals surface area (Å²) in [5.74, 6) is -2.17. The molecule has 0 radical (unpaired) electrons. The normalized spacial score (nSPS) is 9.94. The van der Waals surface area contributed by atoms with Gasteiger partial charge in [-0.1, -0.05) is 0 Å². The second kappa shape index (κ2) is 4.89. The first-order valence-corrected chi connectivity index (χ1v) is 5.60. The van der Waals surface area contributed by atoms with Crippen LogP contribution in [0.25, 0.3) is 0 Å². The quantitative estimate of drug-likeness (QED) is 0.912. The molecule has 6 heteroatoms. The van der Waals surface area contributed by atoms with E-state index < -0.39 is 11.6 Å². The van der Waals surface area contributed by atoms with Crippen molar-refractivity contribution < 1.29 is 8.78 Å². The standard InChI is InChI=1S/C11H7F2N3S/c12-10-7(5-14)1-2-8(11(10)13)16-6-9-15-3-4-17-9/h1-4,16H,6H2. The van der Waals surface area contributed by atoms with E-state index >= 15 is 0 Å². The van der Waals surface area contributed by atoms with E-state index in [4.69, 9.17) is 5.26 Å². The molecule has 0 aliphatic carbocycles. The van der Waals surface area contributed by atoms with Crippen LogP contribution in [0.1, 0.15) is 10.6 Å². The Balaban J connectivity index is 2.17.